The fourth-order valence-corrected chi connectivity index (χ4v) is 3.07. The van der Waals surface area contributed by atoms with Crippen LogP contribution in [0.25, 0.3) is 11.4 Å². The van der Waals surface area contributed by atoms with Crippen molar-refractivity contribution in [2.24, 2.45) is 7.05 Å². The summed E-state index contributed by atoms with van der Waals surface area (Å²) in [4.78, 5) is 24.2. The number of anilines is 1. The van der Waals surface area contributed by atoms with E-state index in [1.807, 2.05) is 42.8 Å². The van der Waals surface area contributed by atoms with Gasteiger partial charge in [0, 0.05) is 29.2 Å². The first-order valence-electron chi connectivity index (χ1n) is 7.33. The Morgan fingerprint density at radius 1 is 1.21 bits per heavy atom. The molecule has 0 aliphatic carbocycles. The van der Waals surface area contributed by atoms with Gasteiger partial charge in [-0.2, -0.15) is 0 Å². The van der Waals surface area contributed by atoms with Gasteiger partial charge in [-0.1, -0.05) is 12.1 Å². The lowest BCUT2D eigenvalue weighted by atomic mass is 10.2. The van der Waals surface area contributed by atoms with E-state index in [4.69, 9.17) is 0 Å². The van der Waals surface area contributed by atoms with Crippen LogP contribution < -0.4 is 5.32 Å². The van der Waals surface area contributed by atoms with Crippen molar-refractivity contribution < 1.29 is 9.59 Å². The molecular weight excluding hydrogens is 324 g/mol. The minimum atomic E-state index is -0.237. The Hall–Kier alpha value is -2.80. The van der Waals surface area contributed by atoms with Crippen molar-refractivity contribution in [3.8, 4) is 11.4 Å². The summed E-state index contributed by atoms with van der Waals surface area (Å²) >= 11 is 1.25. The highest BCUT2D eigenvalue weighted by molar-refractivity contribution is 7.12. The number of hydrogen-bond donors (Lipinski definition) is 1. The highest BCUT2D eigenvalue weighted by Crippen LogP contribution is 2.22. The first kappa shape index (κ1) is 16.1. The molecule has 0 atom stereocenters. The lowest BCUT2D eigenvalue weighted by Crippen LogP contribution is -2.10. The van der Waals surface area contributed by atoms with Crippen molar-refractivity contribution in [3.63, 3.8) is 0 Å². The summed E-state index contributed by atoms with van der Waals surface area (Å²) < 4.78 is 1.89. The van der Waals surface area contributed by atoms with E-state index in [1.54, 1.807) is 11.4 Å². The fourth-order valence-electron chi connectivity index (χ4n) is 2.23. The average molecular weight is 340 g/mol. The zero-order chi connectivity index (χ0) is 17.3. The predicted molar refractivity (Wildman–Crippen MR) is 93.5 cm³/mol. The summed E-state index contributed by atoms with van der Waals surface area (Å²) in [7, 11) is 1.89. The molecule has 6 nitrogen and oxygen atoms in total. The maximum absolute atomic E-state index is 12.3. The largest absolute Gasteiger partial charge is 0.321 e. The average Bonchev–Trinajstić information content (AvgIpc) is 3.16. The number of nitrogens with one attached hydrogen (secondary N) is 1. The molecule has 0 bridgehead atoms. The van der Waals surface area contributed by atoms with Crippen LogP contribution in [0.3, 0.4) is 0 Å². The lowest BCUT2D eigenvalue weighted by molar-refractivity contribution is 0.101. The number of aryl methyl sites for hydroxylation is 1. The van der Waals surface area contributed by atoms with Crippen LogP contribution in [0.2, 0.25) is 0 Å². The first-order chi connectivity index (χ1) is 11.5. The SMILES string of the molecule is CC(=O)c1csc(C(=O)Nc2cccc(-c3nnc(C)n3C)c2)c1. The van der Waals surface area contributed by atoms with Gasteiger partial charge in [0.05, 0.1) is 4.88 Å². The lowest BCUT2D eigenvalue weighted by Gasteiger charge is -2.06. The number of carbonyl (C=O) groups excluding carboxylic acids is 2. The number of rotatable bonds is 4. The smallest absolute Gasteiger partial charge is 0.265 e. The molecule has 0 radical (unpaired) electrons. The molecule has 24 heavy (non-hydrogen) atoms. The Morgan fingerprint density at radius 2 is 2.00 bits per heavy atom. The molecule has 0 fully saturated rings. The van der Waals surface area contributed by atoms with Crippen molar-refractivity contribution in [3.05, 3.63) is 52.0 Å². The van der Waals surface area contributed by atoms with Crippen LogP contribution in [0.15, 0.2) is 35.7 Å². The Kier molecular flexibility index (Phi) is 4.26. The van der Waals surface area contributed by atoms with Crippen molar-refractivity contribution in [1.82, 2.24) is 14.8 Å². The molecule has 122 valence electrons. The highest BCUT2D eigenvalue weighted by Gasteiger charge is 2.13. The van der Waals surface area contributed by atoms with Crippen molar-refractivity contribution in [1.29, 1.82) is 0 Å². The Bertz CT molecular complexity index is 926. The van der Waals surface area contributed by atoms with Crippen molar-refractivity contribution in [2.75, 3.05) is 5.32 Å². The summed E-state index contributed by atoms with van der Waals surface area (Å²) in [5.41, 5.74) is 2.08. The standard InChI is InChI=1S/C17H16N4O2S/c1-10(22)13-8-15(24-9-13)17(23)18-14-6-4-5-12(7-14)16-20-19-11(2)21(16)3/h4-9H,1-3H3,(H,18,23). The Labute approximate surface area is 143 Å². The monoisotopic (exact) mass is 340 g/mol. The van der Waals surface area contributed by atoms with Crippen molar-refractivity contribution >= 4 is 28.7 Å². The molecule has 0 aliphatic rings. The molecule has 1 N–H and O–H groups in total. The van der Waals surface area contributed by atoms with E-state index >= 15 is 0 Å². The van der Waals surface area contributed by atoms with Gasteiger partial charge in [0.2, 0.25) is 0 Å². The molecule has 0 saturated heterocycles. The second-order valence-corrected chi connectivity index (χ2v) is 6.33. The summed E-state index contributed by atoms with van der Waals surface area (Å²) in [5, 5.41) is 12.7. The Morgan fingerprint density at radius 3 is 2.62 bits per heavy atom. The molecule has 3 aromatic rings. The van der Waals surface area contributed by atoms with E-state index in [-0.39, 0.29) is 11.7 Å². The van der Waals surface area contributed by atoms with Crippen LogP contribution in [-0.4, -0.2) is 26.5 Å². The molecule has 2 aromatic heterocycles. The van der Waals surface area contributed by atoms with Gasteiger partial charge in [-0.05, 0) is 32.0 Å². The number of hydrogen-bond acceptors (Lipinski definition) is 5. The molecule has 0 saturated carbocycles. The topological polar surface area (TPSA) is 76.9 Å². The number of ketones is 1. The molecule has 0 aliphatic heterocycles. The molecule has 0 spiro atoms. The number of thiophene rings is 1. The predicted octanol–water partition coefficient (Wildman–Crippen LogP) is 3.31. The van der Waals surface area contributed by atoms with E-state index in [0.717, 1.165) is 17.2 Å². The van der Waals surface area contributed by atoms with Gasteiger partial charge in [0.15, 0.2) is 11.6 Å². The van der Waals surface area contributed by atoms with Gasteiger partial charge in [-0.15, -0.1) is 21.5 Å². The third-order valence-corrected chi connectivity index (χ3v) is 4.63. The zero-order valence-electron chi connectivity index (χ0n) is 13.5. The minimum absolute atomic E-state index is 0.0510. The van der Waals surface area contributed by atoms with Crippen molar-refractivity contribution in [2.45, 2.75) is 13.8 Å². The molecule has 1 aromatic carbocycles. The Balaban J connectivity index is 1.82. The summed E-state index contributed by atoms with van der Waals surface area (Å²) in [6.45, 7) is 3.36. The van der Waals surface area contributed by atoms with E-state index in [1.165, 1.54) is 18.3 Å². The number of aromatic nitrogens is 3. The van der Waals surface area contributed by atoms with E-state index in [0.29, 0.717) is 16.1 Å². The zero-order valence-corrected chi connectivity index (χ0v) is 14.3. The third kappa shape index (κ3) is 3.11. The number of Topliss-reactive ketones (excluding diaryl/α,β-unsaturated/α-hetero) is 1. The van der Waals surface area contributed by atoms with Gasteiger partial charge in [0.25, 0.3) is 5.91 Å². The van der Waals surface area contributed by atoms with Crippen LogP contribution >= 0.6 is 11.3 Å². The maximum atomic E-state index is 12.3. The summed E-state index contributed by atoms with van der Waals surface area (Å²) in [6, 6.07) is 9.03. The molecule has 2 heterocycles. The summed E-state index contributed by atoms with van der Waals surface area (Å²) in [5.74, 6) is 1.26. The second-order valence-electron chi connectivity index (χ2n) is 5.42. The van der Waals surface area contributed by atoms with E-state index < -0.39 is 0 Å². The number of benzene rings is 1. The quantitative estimate of drug-likeness (QED) is 0.739. The van der Waals surface area contributed by atoms with E-state index in [2.05, 4.69) is 15.5 Å². The molecule has 7 heteroatoms. The number of carbonyl (C=O) groups is 2. The van der Waals surface area contributed by atoms with Crippen LogP contribution in [0.4, 0.5) is 5.69 Å². The molecule has 0 unspecified atom stereocenters. The number of nitrogens with zero attached hydrogens (tertiary/aromatic N) is 3. The third-order valence-electron chi connectivity index (χ3n) is 3.70. The number of amides is 1. The van der Waals surface area contributed by atoms with Crippen LogP contribution in [0.1, 0.15) is 32.8 Å². The van der Waals surface area contributed by atoms with Crippen LogP contribution in [-0.2, 0) is 7.05 Å². The summed E-state index contributed by atoms with van der Waals surface area (Å²) in [6.07, 6.45) is 0. The minimum Gasteiger partial charge on any atom is -0.321 e. The van der Waals surface area contributed by atoms with Gasteiger partial charge >= 0.3 is 0 Å². The molecule has 1 amide bonds. The van der Waals surface area contributed by atoms with Crippen LogP contribution in [0, 0.1) is 6.92 Å². The normalized spacial score (nSPS) is 10.6. The highest BCUT2D eigenvalue weighted by atomic mass is 32.1. The first-order valence-corrected chi connectivity index (χ1v) is 8.21. The van der Waals surface area contributed by atoms with Gasteiger partial charge in [-0.3, -0.25) is 9.59 Å². The van der Waals surface area contributed by atoms with Gasteiger partial charge in [0.1, 0.15) is 5.82 Å². The fraction of sp³-hybridized carbons (Fsp3) is 0.176. The molecule has 3 rings (SSSR count). The maximum Gasteiger partial charge on any atom is 0.265 e. The van der Waals surface area contributed by atoms with Gasteiger partial charge < -0.3 is 9.88 Å². The van der Waals surface area contributed by atoms with Crippen LogP contribution in [0.5, 0.6) is 0 Å². The van der Waals surface area contributed by atoms with E-state index in [9.17, 15) is 9.59 Å². The molecular formula is C17H16N4O2S. The van der Waals surface area contributed by atoms with Gasteiger partial charge in [-0.25, -0.2) is 0 Å². The second kappa shape index (κ2) is 6.37.